The lowest BCUT2D eigenvalue weighted by Crippen LogP contribution is -2.42. The summed E-state index contributed by atoms with van der Waals surface area (Å²) in [7, 11) is 4.67. The number of carbonyl (C=O) groups excluding carboxylic acids is 1. The van der Waals surface area contributed by atoms with Crippen LogP contribution < -0.4 is 9.47 Å². The molecule has 1 aromatic carbocycles. The number of hydrogen-bond donors (Lipinski definition) is 1. The fourth-order valence-electron chi connectivity index (χ4n) is 4.78. The van der Waals surface area contributed by atoms with Gasteiger partial charge in [0.25, 0.3) is 0 Å². The first-order valence-corrected chi connectivity index (χ1v) is 8.77. The Hall–Kier alpha value is -2.27. The Morgan fingerprint density at radius 2 is 1.85 bits per heavy atom. The predicted octanol–water partition coefficient (Wildman–Crippen LogP) is 3.09. The van der Waals surface area contributed by atoms with Crippen LogP contribution in [0.15, 0.2) is 42.7 Å². The van der Waals surface area contributed by atoms with Crippen molar-refractivity contribution in [2.75, 3.05) is 21.3 Å². The van der Waals surface area contributed by atoms with Gasteiger partial charge in [0.15, 0.2) is 17.3 Å². The lowest BCUT2D eigenvalue weighted by Gasteiger charge is -2.36. The minimum Gasteiger partial charge on any atom is -0.493 e. The van der Waals surface area contributed by atoms with Crippen LogP contribution in [0.4, 0.5) is 0 Å². The molecule has 1 fully saturated rings. The average Bonchev–Trinajstić information content (AvgIpc) is 2.80. The van der Waals surface area contributed by atoms with Crippen molar-refractivity contribution >= 4 is 5.78 Å². The van der Waals surface area contributed by atoms with Crippen LogP contribution in [-0.4, -0.2) is 38.3 Å². The summed E-state index contributed by atoms with van der Waals surface area (Å²) in [5.74, 6) is 0.742. The molecule has 1 N–H and O–H groups in total. The lowest BCUT2D eigenvalue weighted by molar-refractivity contribution is -0.128. The molecule has 3 rings (SSSR count). The van der Waals surface area contributed by atoms with Gasteiger partial charge in [0.2, 0.25) is 5.78 Å². The molecule has 0 saturated heterocycles. The second kappa shape index (κ2) is 6.80. The van der Waals surface area contributed by atoms with E-state index in [0.29, 0.717) is 23.7 Å². The molecule has 5 atom stereocenters. The highest BCUT2D eigenvalue weighted by Crippen LogP contribution is 2.61. The van der Waals surface area contributed by atoms with Gasteiger partial charge in [-0.3, -0.25) is 4.79 Å². The first kappa shape index (κ1) is 18.5. The van der Waals surface area contributed by atoms with E-state index >= 15 is 0 Å². The van der Waals surface area contributed by atoms with Gasteiger partial charge < -0.3 is 19.3 Å². The highest BCUT2D eigenvalue weighted by molar-refractivity contribution is 5.98. The van der Waals surface area contributed by atoms with Gasteiger partial charge in [-0.05, 0) is 36.1 Å². The summed E-state index contributed by atoms with van der Waals surface area (Å²) < 4.78 is 16.1. The molecule has 2 aliphatic carbocycles. The predicted molar refractivity (Wildman–Crippen MR) is 98.3 cm³/mol. The maximum atomic E-state index is 12.9. The number of rotatable bonds is 6. The number of hydrogen-bond acceptors (Lipinski definition) is 5. The summed E-state index contributed by atoms with van der Waals surface area (Å²) in [6, 6.07) is 5.68. The van der Waals surface area contributed by atoms with E-state index in [-0.39, 0.29) is 17.6 Å². The molecule has 0 aliphatic heterocycles. The zero-order valence-electron chi connectivity index (χ0n) is 15.7. The van der Waals surface area contributed by atoms with Gasteiger partial charge in [-0.25, -0.2) is 0 Å². The molecule has 26 heavy (non-hydrogen) atoms. The number of benzene rings is 1. The third-order valence-electron chi connectivity index (χ3n) is 6.12. The molecule has 140 valence electrons. The minimum atomic E-state index is -0.778. The Bertz CT molecular complexity index is 753. The maximum Gasteiger partial charge on any atom is 0.203 e. The van der Waals surface area contributed by atoms with E-state index in [9.17, 15) is 9.90 Å². The molecule has 0 aromatic heterocycles. The fraction of sp³-hybridized carbons (Fsp3) is 0.476. The molecule has 2 bridgehead atoms. The summed E-state index contributed by atoms with van der Waals surface area (Å²) in [5.41, 5.74) is 0.382. The van der Waals surface area contributed by atoms with E-state index in [1.54, 1.807) is 20.3 Å². The third kappa shape index (κ3) is 2.45. The average molecular weight is 358 g/mol. The van der Waals surface area contributed by atoms with Crippen LogP contribution >= 0.6 is 0 Å². The first-order chi connectivity index (χ1) is 12.4. The largest absolute Gasteiger partial charge is 0.493 e. The smallest absolute Gasteiger partial charge is 0.203 e. The van der Waals surface area contributed by atoms with Gasteiger partial charge in [0, 0.05) is 11.3 Å². The number of allylic oxidation sites excluding steroid dienone is 2. The number of Topliss-reactive ketones (excluding diaryl/α,β-unsaturated/α-hetero) is 1. The highest BCUT2D eigenvalue weighted by atomic mass is 16.5. The van der Waals surface area contributed by atoms with E-state index in [1.165, 1.54) is 7.11 Å². The quantitative estimate of drug-likeness (QED) is 0.792. The van der Waals surface area contributed by atoms with Crippen LogP contribution in [0.5, 0.6) is 11.5 Å². The molecule has 5 heteroatoms. The number of aliphatic hydroxyl groups excluding tert-OH is 1. The van der Waals surface area contributed by atoms with E-state index in [1.807, 2.05) is 24.3 Å². The van der Waals surface area contributed by atoms with Crippen molar-refractivity contribution < 1.29 is 24.1 Å². The van der Waals surface area contributed by atoms with Gasteiger partial charge in [0.1, 0.15) is 0 Å². The molecule has 0 radical (unpaired) electrons. The van der Waals surface area contributed by atoms with Crippen molar-refractivity contribution in [2.45, 2.75) is 25.4 Å². The van der Waals surface area contributed by atoms with Crippen LogP contribution in [0.2, 0.25) is 0 Å². The van der Waals surface area contributed by atoms with Gasteiger partial charge in [-0.2, -0.15) is 0 Å². The molecular formula is C21H26O5. The number of ketones is 1. The minimum absolute atomic E-state index is 0.0233. The van der Waals surface area contributed by atoms with E-state index in [4.69, 9.17) is 14.2 Å². The van der Waals surface area contributed by atoms with Crippen molar-refractivity contribution in [3.63, 3.8) is 0 Å². The summed E-state index contributed by atoms with van der Waals surface area (Å²) in [5, 5.41) is 11.1. The summed E-state index contributed by atoms with van der Waals surface area (Å²) >= 11 is 0. The van der Waals surface area contributed by atoms with E-state index < -0.39 is 17.4 Å². The molecule has 1 saturated carbocycles. The number of methoxy groups -OCH3 is 3. The Morgan fingerprint density at radius 1 is 1.15 bits per heavy atom. The van der Waals surface area contributed by atoms with E-state index in [2.05, 4.69) is 13.5 Å². The first-order valence-electron chi connectivity index (χ1n) is 8.77. The summed E-state index contributed by atoms with van der Waals surface area (Å²) in [6.07, 6.45) is 3.41. The molecule has 0 amide bonds. The SMILES string of the molecule is C=CCC12C=C(OC)C(=O)C(C(c3ccc(OC)c(OC)c3)C1C)C2O. The van der Waals surface area contributed by atoms with Gasteiger partial charge >= 0.3 is 0 Å². The Kier molecular flexibility index (Phi) is 4.84. The van der Waals surface area contributed by atoms with E-state index in [0.717, 1.165) is 5.56 Å². The van der Waals surface area contributed by atoms with Crippen molar-refractivity contribution in [3.8, 4) is 11.5 Å². The normalized spacial score (nSPS) is 32.8. The van der Waals surface area contributed by atoms with Crippen molar-refractivity contribution in [1.29, 1.82) is 0 Å². The van der Waals surface area contributed by atoms with Crippen LogP contribution in [-0.2, 0) is 9.53 Å². The van der Waals surface area contributed by atoms with Crippen LogP contribution in [0.25, 0.3) is 0 Å². The molecule has 5 unspecified atom stereocenters. The van der Waals surface area contributed by atoms with Crippen molar-refractivity contribution in [3.05, 3.63) is 48.3 Å². The van der Waals surface area contributed by atoms with Crippen LogP contribution in [0, 0.1) is 17.3 Å². The van der Waals surface area contributed by atoms with Gasteiger partial charge in [-0.1, -0.05) is 19.1 Å². The molecule has 1 aromatic rings. The van der Waals surface area contributed by atoms with Gasteiger partial charge in [-0.15, -0.1) is 6.58 Å². The summed E-state index contributed by atoms with van der Waals surface area (Å²) in [6.45, 7) is 5.93. The number of ether oxygens (including phenoxy) is 3. The monoisotopic (exact) mass is 358 g/mol. The third-order valence-corrected chi connectivity index (χ3v) is 6.12. The number of aliphatic hydroxyl groups is 1. The topological polar surface area (TPSA) is 65.0 Å². The summed E-state index contributed by atoms with van der Waals surface area (Å²) in [4.78, 5) is 12.9. The number of carbonyl (C=O) groups is 1. The molecule has 0 spiro atoms. The second-order valence-electron chi connectivity index (χ2n) is 7.08. The van der Waals surface area contributed by atoms with Crippen LogP contribution in [0.3, 0.4) is 0 Å². The highest BCUT2D eigenvalue weighted by Gasteiger charge is 2.62. The zero-order valence-corrected chi connectivity index (χ0v) is 15.7. The fourth-order valence-corrected chi connectivity index (χ4v) is 4.78. The maximum absolute atomic E-state index is 12.9. The second-order valence-corrected chi connectivity index (χ2v) is 7.08. The van der Waals surface area contributed by atoms with Crippen molar-refractivity contribution in [1.82, 2.24) is 0 Å². The Morgan fingerprint density at radius 3 is 2.42 bits per heavy atom. The molecule has 5 nitrogen and oxygen atoms in total. The standard InChI is InChI=1S/C21H26O5/c1-6-9-21-11-16(26-5)19(22)18(20(21)23)17(12(21)2)13-7-8-14(24-3)15(10-13)25-4/h6-8,10-12,17-18,20,23H,1,9H2,2-5H3. The lowest BCUT2D eigenvalue weighted by atomic mass is 9.70. The molecular weight excluding hydrogens is 332 g/mol. The van der Waals surface area contributed by atoms with Crippen LogP contribution in [0.1, 0.15) is 24.8 Å². The Labute approximate surface area is 154 Å². The zero-order chi connectivity index (χ0) is 19.1. The number of fused-ring (bicyclic) bond motifs is 2. The van der Waals surface area contributed by atoms with Gasteiger partial charge in [0.05, 0.1) is 33.4 Å². The molecule has 0 heterocycles. The van der Waals surface area contributed by atoms with Crippen molar-refractivity contribution in [2.24, 2.45) is 17.3 Å². The Balaban J connectivity index is 2.13. The molecule has 2 aliphatic rings.